The van der Waals surface area contributed by atoms with E-state index in [1.54, 1.807) is 11.9 Å². The van der Waals surface area contributed by atoms with Gasteiger partial charge in [-0.25, -0.2) is 0 Å². The number of benzene rings is 1. The number of likely N-dealkylation sites (N-methyl/N-ethyl adjacent to an activating group) is 1. The van der Waals surface area contributed by atoms with Crippen LogP contribution in [-0.4, -0.2) is 51.3 Å². The maximum atomic E-state index is 13.3. The van der Waals surface area contributed by atoms with E-state index in [1.165, 1.54) is 11.1 Å². The van der Waals surface area contributed by atoms with E-state index >= 15 is 0 Å². The van der Waals surface area contributed by atoms with Crippen LogP contribution in [0.1, 0.15) is 79.3 Å². The molecular formula is C27H35N3O4. The second-order valence-electron chi connectivity index (χ2n) is 10.3. The molecule has 0 spiro atoms. The summed E-state index contributed by atoms with van der Waals surface area (Å²) >= 11 is 0. The van der Waals surface area contributed by atoms with E-state index in [0.29, 0.717) is 18.8 Å². The van der Waals surface area contributed by atoms with E-state index < -0.39 is 11.3 Å². The number of amides is 1. The average Bonchev–Trinajstić information content (AvgIpc) is 3.53. The van der Waals surface area contributed by atoms with Crippen molar-refractivity contribution in [3.8, 4) is 5.75 Å². The van der Waals surface area contributed by atoms with Crippen LogP contribution in [0.25, 0.3) is 0 Å². The Balaban J connectivity index is 1.55. The number of hydrogen-bond donors (Lipinski definition) is 1. The van der Waals surface area contributed by atoms with Crippen LogP contribution in [0.3, 0.4) is 0 Å². The second-order valence-corrected chi connectivity index (χ2v) is 10.3. The quantitative estimate of drug-likeness (QED) is 0.705. The zero-order valence-electron chi connectivity index (χ0n) is 20.3. The number of nitrogens with zero attached hydrogens (tertiary/aromatic N) is 3. The van der Waals surface area contributed by atoms with Gasteiger partial charge >= 0.3 is 5.56 Å². The highest BCUT2D eigenvalue weighted by Crippen LogP contribution is 2.44. The topological polar surface area (TPSA) is 84.7 Å². The van der Waals surface area contributed by atoms with Gasteiger partial charge in [-0.15, -0.1) is 0 Å². The van der Waals surface area contributed by atoms with Crippen LogP contribution in [-0.2, 0) is 29.5 Å². The van der Waals surface area contributed by atoms with Crippen LogP contribution in [0.5, 0.6) is 5.75 Å². The third-order valence-electron chi connectivity index (χ3n) is 8.27. The lowest BCUT2D eigenvalue weighted by atomic mass is 9.75. The van der Waals surface area contributed by atoms with Gasteiger partial charge in [0.15, 0.2) is 5.69 Å². The summed E-state index contributed by atoms with van der Waals surface area (Å²) < 4.78 is 7.68. The van der Waals surface area contributed by atoms with Crippen LogP contribution in [0, 0.1) is 0 Å². The Bertz CT molecular complexity index is 1130. The molecule has 2 aromatic rings. The summed E-state index contributed by atoms with van der Waals surface area (Å²) in [7, 11) is 1.75. The Morgan fingerprint density at radius 2 is 2.00 bits per heavy atom. The van der Waals surface area contributed by atoms with Crippen molar-refractivity contribution in [2.24, 2.45) is 0 Å². The van der Waals surface area contributed by atoms with E-state index in [2.05, 4.69) is 36.2 Å². The van der Waals surface area contributed by atoms with Gasteiger partial charge in [0.1, 0.15) is 5.82 Å². The van der Waals surface area contributed by atoms with Crippen molar-refractivity contribution in [2.75, 3.05) is 13.7 Å². The summed E-state index contributed by atoms with van der Waals surface area (Å²) in [6.45, 7) is 3.44. The summed E-state index contributed by atoms with van der Waals surface area (Å²) in [5, 5.41) is 10.6. The number of fused-ring (bicyclic) bond motifs is 1. The Morgan fingerprint density at radius 3 is 2.71 bits per heavy atom. The molecule has 2 aliphatic heterocycles. The Labute approximate surface area is 200 Å². The largest absolute Gasteiger partial charge is 0.501 e. The van der Waals surface area contributed by atoms with E-state index in [-0.39, 0.29) is 29.2 Å². The first-order chi connectivity index (χ1) is 16.4. The number of aryl methyl sites for hydroxylation is 1. The summed E-state index contributed by atoms with van der Waals surface area (Å²) in [4.78, 5) is 32.0. The minimum Gasteiger partial charge on any atom is -0.501 e. The van der Waals surface area contributed by atoms with Crippen LogP contribution < -0.4 is 5.56 Å². The lowest BCUT2D eigenvalue weighted by Gasteiger charge is -2.38. The number of aromatic nitrogens is 2. The maximum absolute atomic E-state index is 13.3. The second kappa shape index (κ2) is 9.17. The van der Waals surface area contributed by atoms with E-state index in [9.17, 15) is 14.7 Å². The fourth-order valence-corrected chi connectivity index (χ4v) is 6.21. The summed E-state index contributed by atoms with van der Waals surface area (Å²) in [5.41, 5.74) is 1.84. The lowest BCUT2D eigenvalue weighted by Crippen LogP contribution is -2.49. The van der Waals surface area contributed by atoms with Crippen LogP contribution >= 0.6 is 0 Å². The van der Waals surface area contributed by atoms with Crippen molar-refractivity contribution < 1.29 is 14.6 Å². The summed E-state index contributed by atoms with van der Waals surface area (Å²) in [6, 6.07) is 8.70. The number of rotatable bonds is 6. The van der Waals surface area contributed by atoms with Gasteiger partial charge in [-0.1, -0.05) is 44.0 Å². The summed E-state index contributed by atoms with van der Waals surface area (Å²) in [5.74, 6) is -0.244. The number of ether oxygens (including phenoxy) is 1. The van der Waals surface area contributed by atoms with Crippen molar-refractivity contribution in [3.05, 3.63) is 57.3 Å². The van der Waals surface area contributed by atoms with Gasteiger partial charge in [-0.3, -0.25) is 9.59 Å². The highest BCUT2D eigenvalue weighted by molar-refractivity contribution is 5.95. The molecule has 3 heterocycles. The van der Waals surface area contributed by atoms with Crippen molar-refractivity contribution >= 4 is 5.91 Å². The normalized spacial score (nSPS) is 23.9. The Morgan fingerprint density at radius 1 is 1.21 bits per heavy atom. The molecule has 1 amide bonds. The molecule has 1 saturated heterocycles. The average molecular weight is 466 g/mol. The molecule has 1 aromatic heterocycles. The highest BCUT2D eigenvalue weighted by Gasteiger charge is 2.41. The smallest absolute Gasteiger partial charge is 0.315 e. The predicted octanol–water partition coefficient (Wildman–Crippen LogP) is 3.59. The number of aromatic hydroxyl groups is 1. The van der Waals surface area contributed by atoms with Gasteiger partial charge in [-0.05, 0) is 49.7 Å². The molecule has 3 aliphatic rings. The molecule has 1 aromatic carbocycles. The molecule has 34 heavy (non-hydrogen) atoms. The third-order valence-corrected chi connectivity index (χ3v) is 8.27. The van der Waals surface area contributed by atoms with Crippen molar-refractivity contribution in [2.45, 2.75) is 88.8 Å². The van der Waals surface area contributed by atoms with Gasteiger partial charge in [-0.2, -0.15) is 4.98 Å². The summed E-state index contributed by atoms with van der Waals surface area (Å²) in [6.07, 6.45) is 8.83. The van der Waals surface area contributed by atoms with Crippen LogP contribution in [0.15, 0.2) is 29.1 Å². The Kier molecular flexibility index (Phi) is 6.23. The predicted molar refractivity (Wildman–Crippen MR) is 129 cm³/mol. The minimum absolute atomic E-state index is 0.0616. The molecule has 7 nitrogen and oxygen atoms in total. The van der Waals surface area contributed by atoms with Gasteiger partial charge < -0.3 is 19.3 Å². The highest BCUT2D eigenvalue weighted by atomic mass is 16.5. The van der Waals surface area contributed by atoms with Gasteiger partial charge in [0, 0.05) is 32.0 Å². The zero-order valence-corrected chi connectivity index (χ0v) is 20.3. The SMILES string of the molecule is CCc1cccc(C2(Cc3nc(=O)c(O)c4n3C[C@H](C[C@H]3CCCO3)N(C)C4=O)CCCC2)c1. The molecule has 7 heteroatoms. The molecule has 1 N–H and O–H groups in total. The van der Waals surface area contributed by atoms with Crippen molar-refractivity contribution in [3.63, 3.8) is 0 Å². The lowest BCUT2D eigenvalue weighted by molar-refractivity contribution is 0.0461. The number of hydrogen-bond acceptors (Lipinski definition) is 5. The molecule has 0 radical (unpaired) electrons. The zero-order chi connectivity index (χ0) is 23.9. The van der Waals surface area contributed by atoms with E-state index in [4.69, 9.17) is 4.74 Å². The molecule has 182 valence electrons. The molecule has 2 fully saturated rings. The molecule has 1 aliphatic carbocycles. The molecule has 0 bridgehead atoms. The molecule has 0 unspecified atom stereocenters. The minimum atomic E-state index is -0.712. The van der Waals surface area contributed by atoms with Crippen molar-refractivity contribution in [1.82, 2.24) is 14.5 Å². The first-order valence-electron chi connectivity index (χ1n) is 12.7. The van der Waals surface area contributed by atoms with Gasteiger partial charge in [0.2, 0.25) is 5.75 Å². The molecule has 5 rings (SSSR count). The van der Waals surface area contributed by atoms with Crippen LogP contribution in [0.2, 0.25) is 0 Å². The fraction of sp³-hybridized carbons (Fsp3) is 0.593. The van der Waals surface area contributed by atoms with E-state index in [0.717, 1.165) is 58.0 Å². The molecular weight excluding hydrogens is 430 g/mol. The number of carbonyl (C=O) groups is 1. The monoisotopic (exact) mass is 465 g/mol. The van der Waals surface area contributed by atoms with Gasteiger partial charge in [0.05, 0.1) is 12.1 Å². The fourth-order valence-electron chi connectivity index (χ4n) is 6.21. The third kappa shape index (κ3) is 4.04. The Hall–Kier alpha value is -2.67. The van der Waals surface area contributed by atoms with E-state index in [1.807, 2.05) is 4.57 Å². The number of carbonyl (C=O) groups excluding carboxylic acids is 1. The first kappa shape index (κ1) is 23.1. The standard InChI is InChI=1S/C27H35N3O4/c1-3-18-8-6-9-19(14-18)27(11-4-5-12-27)16-22-28-25(32)24(31)23-26(33)29(2)20(17-30(22)23)15-21-10-7-13-34-21/h6,8-9,14,20-21,31H,3-5,7,10-13,15-17H2,1-2H3/t20-,21+/m0/s1. The van der Waals surface area contributed by atoms with Crippen molar-refractivity contribution in [1.29, 1.82) is 0 Å². The van der Waals surface area contributed by atoms with Gasteiger partial charge in [0.25, 0.3) is 5.91 Å². The van der Waals surface area contributed by atoms with Crippen LogP contribution in [0.4, 0.5) is 0 Å². The first-order valence-corrected chi connectivity index (χ1v) is 12.7. The molecule has 1 saturated carbocycles. The maximum Gasteiger partial charge on any atom is 0.315 e. The molecule has 2 atom stereocenters.